The van der Waals surface area contributed by atoms with Crippen LogP contribution in [0.3, 0.4) is 0 Å². The van der Waals surface area contributed by atoms with Crippen LogP contribution in [0.15, 0.2) is 28.7 Å². The summed E-state index contributed by atoms with van der Waals surface area (Å²) in [4.78, 5) is 12.1. The van der Waals surface area contributed by atoms with E-state index in [4.69, 9.17) is 4.42 Å². The molecule has 20 heavy (non-hydrogen) atoms. The minimum atomic E-state index is -3.00. The molecular formula is C14H15NO4S. The molecule has 1 aliphatic heterocycles. The summed E-state index contributed by atoms with van der Waals surface area (Å²) in [5.74, 6) is 0.00543. The number of furan rings is 1. The lowest BCUT2D eigenvalue weighted by Gasteiger charge is -2.08. The molecule has 1 N–H and O–H groups in total. The number of nitrogens with one attached hydrogen (secondary N) is 1. The van der Waals surface area contributed by atoms with Crippen LogP contribution in [0.5, 0.6) is 0 Å². The highest BCUT2D eigenvalue weighted by atomic mass is 32.2. The first kappa shape index (κ1) is 13.2. The summed E-state index contributed by atoms with van der Waals surface area (Å²) in [6, 6.07) is 7.07. The lowest BCUT2D eigenvalue weighted by atomic mass is 10.2. The Balaban J connectivity index is 1.79. The molecule has 0 bridgehead atoms. The Bertz CT molecular complexity index is 776. The lowest BCUT2D eigenvalue weighted by molar-refractivity contribution is 0.0915. The molecule has 0 saturated carbocycles. The molecule has 2 heterocycles. The molecule has 1 saturated heterocycles. The van der Waals surface area contributed by atoms with Gasteiger partial charge in [-0.25, -0.2) is 8.42 Å². The van der Waals surface area contributed by atoms with Gasteiger partial charge < -0.3 is 9.73 Å². The van der Waals surface area contributed by atoms with Gasteiger partial charge in [0.25, 0.3) is 5.91 Å². The molecule has 1 atom stereocenters. The third kappa shape index (κ3) is 2.56. The van der Waals surface area contributed by atoms with Crippen molar-refractivity contribution >= 4 is 26.7 Å². The summed E-state index contributed by atoms with van der Waals surface area (Å²) in [5, 5.41) is 3.58. The number of sulfone groups is 1. The molecule has 1 aromatic heterocycles. The van der Waals surface area contributed by atoms with Crippen LogP contribution < -0.4 is 5.32 Å². The van der Waals surface area contributed by atoms with Crippen LogP contribution in [-0.2, 0) is 9.84 Å². The highest BCUT2D eigenvalue weighted by Crippen LogP contribution is 2.21. The van der Waals surface area contributed by atoms with E-state index in [2.05, 4.69) is 5.32 Å². The van der Waals surface area contributed by atoms with Crippen molar-refractivity contribution in [3.05, 3.63) is 35.6 Å². The summed E-state index contributed by atoms with van der Waals surface area (Å²) in [6.07, 6.45) is 0.466. The fourth-order valence-electron chi connectivity index (χ4n) is 2.42. The van der Waals surface area contributed by atoms with E-state index in [9.17, 15) is 13.2 Å². The molecule has 3 rings (SSSR count). The van der Waals surface area contributed by atoms with Crippen molar-refractivity contribution in [2.45, 2.75) is 19.4 Å². The monoisotopic (exact) mass is 293 g/mol. The van der Waals surface area contributed by atoms with Gasteiger partial charge in [-0.2, -0.15) is 0 Å². The highest BCUT2D eigenvalue weighted by molar-refractivity contribution is 7.91. The van der Waals surface area contributed by atoms with Gasteiger partial charge in [0.15, 0.2) is 15.6 Å². The van der Waals surface area contributed by atoms with Gasteiger partial charge >= 0.3 is 0 Å². The summed E-state index contributed by atoms with van der Waals surface area (Å²) in [7, 11) is -3.00. The summed E-state index contributed by atoms with van der Waals surface area (Å²) in [6.45, 7) is 1.95. The average molecular weight is 293 g/mol. The first-order chi connectivity index (χ1) is 9.43. The highest BCUT2D eigenvalue weighted by Gasteiger charge is 2.29. The minimum Gasteiger partial charge on any atom is -0.451 e. The second-order valence-electron chi connectivity index (χ2n) is 5.23. The predicted octanol–water partition coefficient (Wildman–Crippen LogP) is 1.66. The molecule has 0 aliphatic carbocycles. The predicted molar refractivity (Wildman–Crippen MR) is 75.5 cm³/mol. The van der Waals surface area contributed by atoms with E-state index in [0.29, 0.717) is 12.0 Å². The van der Waals surface area contributed by atoms with Gasteiger partial charge in [0, 0.05) is 11.4 Å². The molecule has 0 spiro atoms. The number of hydrogen-bond donors (Lipinski definition) is 1. The van der Waals surface area contributed by atoms with Crippen LogP contribution in [0.2, 0.25) is 0 Å². The van der Waals surface area contributed by atoms with Crippen molar-refractivity contribution in [1.29, 1.82) is 0 Å². The van der Waals surface area contributed by atoms with Crippen molar-refractivity contribution < 1.29 is 17.6 Å². The maximum Gasteiger partial charge on any atom is 0.287 e. The van der Waals surface area contributed by atoms with E-state index in [0.717, 1.165) is 10.9 Å². The molecule has 1 aromatic carbocycles. The number of aryl methyl sites for hydroxylation is 1. The van der Waals surface area contributed by atoms with E-state index < -0.39 is 9.84 Å². The number of benzene rings is 1. The van der Waals surface area contributed by atoms with Crippen molar-refractivity contribution in [3.63, 3.8) is 0 Å². The van der Waals surface area contributed by atoms with E-state index >= 15 is 0 Å². The van der Waals surface area contributed by atoms with Crippen LogP contribution >= 0.6 is 0 Å². The zero-order valence-corrected chi connectivity index (χ0v) is 11.9. The van der Waals surface area contributed by atoms with Crippen LogP contribution in [0.25, 0.3) is 11.0 Å². The van der Waals surface area contributed by atoms with Crippen molar-refractivity contribution in [1.82, 2.24) is 5.32 Å². The minimum absolute atomic E-state index is 0.0120. The van der Waals surface area contributed by atoms with Gasteiger partial charge in [-0.1, -0.05) is 12.1 Å². The zero-order valence-electron chi connectivity index (χ0n) is 11.0. The Kier molecular flexibility index (Phi) is 3.05. The Hall–Kier alpha value is -1.82. The average Bonchev–Trinajstić information content (AvgIpc) is 2.92. The quantitative estimate of drug-likeness (QED) is 0.913. The maximum atomic E-state index is 12.1. The zero-order chi connectivity index (χ0) is 14.3. The summed E-state index contributed by atoms with van der Waals surface area (Å²) < 4.78 is 28.2. The molecule has 1 fully saturated rings. The Labute approximate surface area is 116 Å². The third-order valence-electron chi connectivity index (χ3n) is 3.47. The second-order valence-corrected chi connectivity index (χ2v) is 7.45. The van der Waals surface area contributed by atoms with Gasteiger partial charge in [0.05, 0.1) is 11.5 Å². The molecular weight excluding hydrogens is 278 g/mol. The SMILES string of the molecule is Cc1ccc2cc(C(=O)NC3CCS(=O)(=O)C3)oc2c1. The number of amides is 1. The second kappa shape index (κ2) is 4.63. The van der Waals surface area contributed by atoms with Gasteiger partial charge in [0.2, 0.25) is 0 Å². The summed E-state index contributed by atoms with van der Waals surface area (Å²) >= 11 is 0. The fourth-order valence-corrected chi connectivity index (χ4v) is 4.09. The summed E-state index contributed by atoms with van der Waals surface area (Å²) in [5.41, 5.74) is 1.72. The Morgan fingerprint density at radius 3 is 2.85 bits per heavy atom. The first-order valence-corrected chi connectivity index (χ1v) is 8.26. The van der Waals surface area contributed by atoms with Gasteiger partial charge in [-0.15, -0.1) is 0 Å². The number of rotatable bonds is 2. The van der Waals surface area contributed by atoms with E-state index in [1.165, 1.54) is 0 Å². The molecule has 2 aromatic rings. The van der Waals surface area contributed by atoms with E-state index in [-0.39, 0.29) is 29.2 Å². The van der Waals surface area contributed by atoms with Crippen LogP contribution in [-0.4, -0.2) is 31.9 Å². The molecule has 5 nitrogen and oxygen atoms in total. The number of hydrogen-bond acceptors (Lipinski definition) is 4. The lowest BCUT2D eigenvalue weighted by Crippen LogP contribution is -2.35. The third-order valence-corrected chi connectivity index (χ3v) is 5.23. The van der Waals surface area contributed by atoms with Crippen molar-refractivity contribution in [2.24, 2.45) is 0 Å². The van der Waals surface area contributed by atoms with E-state index in [1.807, 2.05) is 25.1 Å². The maximum absolute atomic E-state index is 12.1. The number of fused-ring (bicyclic) bond motifs is 1. The smallest absolute Gasteiger partial charge is 0.287 e. The fraction of sp³-hybridized carbons (Fsp3) is 0.357. The van der Waals surface area contributed by atoms with Crippen LogP contribution in [0.4, 0.5) is 0 Å². The number of carbonyl (C=O) groups is 1. The Morgan fingerprint density at radius 1 is 1.35 bits per heavy atom. The van der Waals surface area contributed by atoms with Gasteiger partial charge in [0.1, 0.15) is 5.58 Å². The molecule has 6 heteroatoms. The van der Waals surface area contributed by atoms with Crippen molar-refractivity contribution in [3.8, 4) is 0 Å². The Morgan fingerprint density at radius 2 is 2.15 bits per heavy atom. The van der Waals surface area contributed by atoms with Crippen molar-refractivity contribution in [2.75, 3.05) is 11.5 Å². The molecule has 1 unspecified atom stereocenters. The van der Waals surface area contributed by atoms with Crippen LogP contribution in [0.1, 0.15) is 22.5 Å². The standard InChI is InChI=1S/C14H15NO4S/c1-9-2-3-10-7-13(19-12(10)6-9)14(16)15-11-4-5-20(17,18)8-11/h2-3,6-7,11H,4-5,8H2,1H3,(H,15,16). The number of carbonyl (C=O) groups excluding carboxylic acids is 1. The first-order valence-electron chi connectivity index (χ1n) is 6.44. The molecule has 0 radical (unpaired) electrons. The normalized spacial score (nSPS) is 21.1. The topological polar surface area (TPSA) is 76.4 Å². The van der Waals surface area contributed by atoms with Crippen LogP contribution in [0, 0.1) is 6.92 Å². The van der Waals surface area contributed by atoms with Gasteiger partial charge in [-0.3, -0.25) is 4.79 Å². The molecule has 1 aliphatic rings. The largest absolute Gasteiger partial charge is 0.451 e. The van der Waals surface area contributed by atoms with Gasteiger partial charge in [-0.05, 0) is 31.0 Å². The van der Waals surface area contributed by atoms with E-state index in [1.54, 1.807) is 6.07 Å². The molecule has 1 amide bonds. The molecule has 106 valence electrons.